The summed E-state index contributed by atoms with van der Waals surface area (Å²) in [6, 6.07) is 5.01. The molecule has 1 heterocycles. The van der Waals surface area contributed by atoms with Crippen LogP contribution in [-0.4, -0.2) is 15.6 Å². The summed E-state index contributed by atoms with van der Waals surface area (Å²) in [5.74, 6) is -0.639. The largest absolute Gasteiger partial charge is 0.477 e. The van der Waals surface area contributed by atoms with Crippen LogP contribution >= 0.6 is 11.6 Å². The first-order chi connectivity index (χ1) is 9.08. The molecule has 1 aliphatic carbocycles. The van der Waals surface area contributed by atoms with E-state index in [2.05, 4.69) is 0 Å². The summed E-state index contributed by atoms with van der Waals surface area (Å²) in [6.07, 6.45) is 3.69. The third kappa shape index (κ3) is 2.12. The number of aromatic nitrogens is 1. The van der Waals surface area contributed by atoms with Crippen molar-refractivity contribution >= 4 is 28.5 Å². The predicted molar refractivity (Wildman–Crippen MR) is 72.9 cm³/mol. The van der Waals surface area contributed by atoms with Gasteiger partial charge in [-0.1, -0.05) is 17.7 Å². The molecule has 1 aromatic heterocycles. The zero-order valence-electron chi connectivity index (χ0n) is 10.1. The summed E-state index contributed by atoms with van der Waals surface area (Å²) in [5, 5.41) is 9.97. The topological polar surface area (TPSA) is 59.3 Å². The molecule has 1 aromatic carbocycles. The summed E-state index contributed by atoms with van der Waals surface area (Å²) in [4.78, 5) is 23.3. The van der Waals surface area contributed by atoms with Gasteiger partial charge in [-0.2, -0.15) is 0 Å². The van der Waals surface area contributed by atoms with Crippen molar-refractivity contribution in [3.8, 4) is 0 Å². The Morgan fingerprint density at radius 3 is 2.79 bits per heavy atom. The smallest absolute Gasteiger partial charge is 0.341 e. The maximum Gasteiger partial charge on any atom is 0.341 e. The highest BCUT2D eigenvalue weighted by molar-refractivity contribution is 6.35. The Balaban J connectivity index is 2.34. The Bertz CT molecular complexity index is 731. The Hall–Kier alpha value is -1.81. The van der Waals surface area contributed by atoms with Gasteiger partial charge in [0.25, 0.3) is 0 Å². The van der Waals surface area contributed by atoms with Gasteiger partial charge in [-0.15, -0.1) is 0 Å². The highest BCUT2D eigenvalue weighted by atomic mass is 35.5. The van der Waals surface area contributed by atoms with Crippen molar-refractivity contribution in [1.82, 2.24) is 4.57 Å². The maximum absolute atomic E-state index is 12.1. The lowest BCUT2D eigenvalue weighted by Crippen LogP contribution is -2.19. The number of carbonyl (C=O) groups is 1. The SMILES string of the molecule is O=C(O)c1cn(CC2CC2)c2c(Cl)cccc2c1=O. The van der Waals surface area contributed by atoms with Gasteiger partial charge >= 0.3 is 5.97 Å². The molecule has 1 N–H and O–H groups in total. The number of aromatic carboxylic acids is 1. The first-order valence-electron chi connectivity index (χ1n) is 6.13. The van der Waals surface area contributed by atoms with Gasteiger partial charge in [0, 0.05) is 18.1 Å². The van der Waals surface area contributed by atoms with Crippen molar-refractivity contribution in [2.75, 3.05) is 0 Å². The number of nitrogens with zero attached hydrogens (tertiary/aromatic N) is 1. The summed E-state index contributed by atoms with van der Waals surface area (Å²) < 4.78 is 1.81. The van der Waals surface area contributed by atoms with Crippen molar-refractivity contribution in [3.05, 3.63) is 45.2 Å². The van der Waals surface area contributed by atoms with Gasteiger partial charge in [0.1, 0.15) is 5.56 Å². The fraction of sp³-hybridized carbons (Fsp3) is 0.286. The van der Waals surface area contributed by atoms with Crippen LogP contribution in [0, 0.1) is 5.92 Å². The molecule has 2 aromatic rings. The van der Waals surface area contributed by atoms with Crippen molar-refractivity contribution in [3.63, 3.8) is 0 Å². The number of hydrogen-bond donors (Lipinski definition) is 1. The molecular formula is C14H12ClNO3. The number of pyridine rings is 1. The number of fused-ring (bicyclic) bond motifs is 1. The van der Waals surface area contributed by atoms with E-state index in [1.54, 1.807) is 22.8 Å². The van der Waals surface area contributed by atoms with Crippen LogP contribution in [0.15, 0.2) is 29.2 Å². The lowest BCUT2D eigenvalue weighted by atomic mass is 10.1. The van der Waals surface area contributed by atoms with E-state index >= 15 is 0 Å². The lowest BCUT2D eigenvalue weighted by molar-refractivity contribution is 0.0695. The molecule has 0 spiro atoms. The van der Waals surface area contributed by atoms with E-state index in [0.717, 1.165) is 12.8 Å². The van der Waals surface area contributed by atoms with Crippen LogP contribution in [0.25, 0.3) is 10.9 Å². The lowest BCUT2D eigenvalue weighted by Gasteiger charge is -2.12. The van der Waals surface area contributed by atoms with E-state index < -0.39 is 11.4 Å². The molecule has 0 bridgehead atoms. The Kier molecular flexibility index (Phi) is 2.82. The van der Waals surface area contributed by atoms with Crippen molar-refractivity contribution < 1.29 is 9.90 Å². The number of carboxylic acid groups (broad SMARTS) is 1. The second kappa shape index (κ2) is 4.38. The van der Waals surface area contributed by atoms with Crippen LogP contribution in [0.4, 0.5) is 0 Å². The van der Waals surface area contributed by atoms with Crippen LogP contribution in [-0.2, 0) is 6.54 Å². The van der Waals surface area contributed by atoms with Crippen LogP contribution < -0.4 is 5.43 Å². The average Bonchev–Trinajstić information content (AvgIpc) is 3.16. The van der Waals surface area contributed by atoms with Crippen LogP contribution in [0.5, 0.6) is 0 Å². The van der Waals surface area contributed by atoms with Gasteiger partial charge in [0.15, 0.2) is 0 Å². The number of halogens is 1. The van der Waals surface area contributed by atoms with Crippen molar-refractivity contribution in [1.29, 1.82) is 0 Å². The van der Waals surface area contributed by atoms with E-state index in [0.29, 0.717) is 28.4 Å². The molecule has 0 saturated heterocycles. The number of rotatable bonds is 3. The standard InChI is InChI=1S/C14H12ClNO3/c15-11-3-1-2-9-12(11)16(6-8-4-5-8)7-10(13(9)17)14(18)19/h1-3,7-8H,4-6H2,(H,18,19). The molecule has 4 nitrogen and oxygen atoms in total. The minimum Gasteiger partial charge on any atom is -0.477 e. The summed E-state index contributed by atoms with van der Waals surface area (Å²) in [5.41, 5.74) is -0.0430. The Morgan fingerprint density at radius 2 is 2.16 bits per heavy atom. The van der Waals surface area contributed by atoms with E-state index in [1.165, 1.54) is 6.20 Å². The molecule has 5 heteroatoms. The summed E-state index contributed by atoms with van der Waals surface area (Å²) in [7, 11) is 0. The molecule has 0 radical (unpaired) electrons. The minimum absolute atomic E-state index is 0.199. The summed E-state index contributed by atoms with van der Waals surface area (Å²) >= 11 is 6.16. The number of para-hydroxylation sites is 1. The van der Waals surface area contributed by atoms with Gasteiger partial charge < -0.3 is 9.67 Å². The van der Waals surface area contributed by atoms with Gasteiger partial charge in [-0.3, -0.25) is 4.79 Å². The van der Waals surface area contributed by atoms with Crippen LogP contribution in [0.3, 0.4) is 0 Å². The molecule has 1 fully saturated rings. The zero-order chi connectivity index (χ0) is 13.6. The van der Waals surface area contributed by atoms with E-state index in [9.17, 15) is 9.59 Å². The molecular weight excluding hydrogens is 266 g/mol. The van der Waals surface area contributed by atoms with Crippen molar-refractivity contribution in [2.45, 2.75) is 19.4 Å². The number of hydrogen-bond acceptors (Lipinski definition) is 2. The monoisotopic (exact) mass is 277 g/mol. The van der Waals surface area contributed by atoms with E-state index in [1.807, 2.05) is 0 Å². The van der Waals surface area contributed by atoms with Gasteiger partial charge in [-0.05, 0) is 30.9 Å². The maximum atomic E-state index is 12.1. The fourth-order valence-electron chi connectivity index (χ4n) is 2.29. The first-order valence-corrected chi connectivity index (χ1v) is 6.50. The first kappa shape index (κ1) is 12.2. The molecule has 1 saturated carbocycles. The highest BCUT2D eigenvalue weighted by Crippen LogP contribution is 2.32. The average molecular weight is 278 g/mol. The Labute approximate surface area is 114 Å². The fourth-order valence-corrected chi connectivity index (χ4v) is 2.57. The minimum atomic E-state index is -1.20. The van der Waals surface area contributed by atoms with Crippen molar-refractivity contribution in [2.24, 2.45) is 5.92 Å². The number of carboxylic acids is 1. The molecule has 1 aliphatic rings. The second-order valence-corrected chi connectivity index (χ2v) is 5.32. The van der Waals surface area contributed by atoms with Gasteiger partial charge in [0.2, 0.25) is 5.43 Å². The van der Waals surface area contributed by atoms with Gasteiger partial charge in [0.05, 0.1) is 10.5 Å². The molecule has 0 aliphatic heterocycles. The zero-order valence-corrected chi connectivity index (χ0v) is 10.9. The normalized spacial score (nSPS) is 14.8. The molecule has 3 rings (SSSR count). The van der Waals surface area contributed by atoms with Crippen LogP contribution in [0.1, 0.15) is 23.2 Å². The third-order valence-electron chi connectivity index (χ3n) is 3.43. The predicted octanol–water partition coefficient (Wildman–Crippen LogP) is 2.76. The Morgan fingerprint density at radius 1 is 1.42 bits per heavy atom. The second-order valence-electron chi connectivity index (χ2n) is 4.91. The van der Waals surface area contributed by atoms with E-state index in [4.69, 9.17) is 16.7 Å². The molecule has 0 amide bonds. The molecule has 19 heavy (non-hydrogen) atoms. The highest BCUT2D eigenvalue weighted by Gasteiger charge is 2.24. The van der Waals surface area contributed by atoms with Gasteiger partial charge in [-0.25, -0.2) is 4.79 Å². The molecule has 0 atom stereocenters. The number of benzene rings is 1. The van der Waals surface area contributed by atoms with Crippen LogP contribution in [0.2, 0.25) is 5.02 Å². The molecule has 98 valence electrons. The third-order valence-corrected chi connectivity index (χ3v) is 3.74. The summed E-state index contributed by atoms with van der Waals surface area (Å²) in [6.45, 7) is 0.709. The quantitative estimate of drug-likeness (QED) is 0.938. The molecule has 0 unspecified atom stereocenters. The van der Waals surface area contributed by atoms with E-state index in [-0.39, 0.29) is 5.56 Å².